The van der Waals surface area contributed by atoms with Gasteiger partial charge in [-0.05, 0) is 22.8 Å². The van der Waals surface area contributed by atoms with E-state index in [0.717, 1.165) is 16.7 Å². The molecule has 124 valence electrons. The van der Waals surface area contributed by atoms with Crippen LogP contribution in [0.15, 0.2) is 66.7 Å². The molecular formula is C20H20O4. The summed E-state index contributed by atoms with van der Waals surface area (Å²) in [6, 6.07) is 19.9. The van der Waals surface area contributed by atoms with Crippen LogP contribution in [-0.4, -0.2) is 47.3 Å². The van der Waals surface area contributed by atoms with Gasteiger partial charge in [0.05, 0.1) is 13.2 Å². The summed E-state index contributed by atoms with van der Waals surface area (Å²) in [5.41, 5.74) is 1.69. The molecule has 2 heterocycles. The van der Waals surface area contributed by atoms with E-state index >= 15 is 0 Å². The second kappa shape index (κ2) is 6.15. The van der Waals surface area contributed by atoms with Crippen LogP contribution < -0.4 is 0 Å². The summed E-state index contributed by atoms with van der Waals surface area (Å²) in [4.78, 5) is 0. The quantitative estimate of drug-likeness (QED) is 0.907. The fraction of sp³-hybridized carbons (Fsp3) is 0.300. The highest BCUT2D eigenvalue weighted by atomic mass is 16.6. The third-order valence-corrected chi connectivity index (χ3v) is 4.69. The van der Waals surface area contributed by atoms with E-state index in [-0.39, 0.29) is 13.2 Å². The summed E-state index contributed by atoms with van der Waals surface area (Å²) >= 11 is 0. The Morgan fingerprint density at radius 2 is 1.54 bits per heavy atom. The summed E-state index contributed by atoms with van der Waals surface area (Å²) in [5.74, 6) is 0. The predicted octanol–water partition coefficient (Wildman–Crippen LogP) is 2.01. The van der Waals surface area contributed by atoms with Crippen LogP contribution in [0.5, 0.6) is 0 Å². The maximum atomic E-state index is 11.1. The molecule has 0 amide bonds. The molecule has 2 aromatic rings. The summed E-state index contributed by atoms with van der Waals surface area (Å²) in [7, 11) is 0. The fourth-order valence-electron chi connectivity index (χ4n) is 3.48. The molecule has 4 atom stereocenters. The number of hydrogen-bond acceptors (Lipinski definition) is 4. The lowest BCUT2D eigenvalue weighted by atomic mass is 9.88. The van der Waals surface area contributed by atoms with Crippen LogP contribution in [0.3, 0.4) is 0 Å². The first-order valence-electron chi connectivity index (χ1n) is 8.15. The first-order valence-corrected chi connectivity index (χ1v) is 8.15. The Morgan fingerprint density at radius 3 is 2.12 bits per heavy atom. The van der Waals surface area contributed by atoms with Crippen molar-refractivity contribution in [3.05, 3.63) is 77.9 Å². The Labute approximate surface area is 141 Å². The maximum absolute atomic E-state index is 11.1. The van der Waals surface area contributed by atoms with E-state index < -0.39 is 23.9 Å². The number of hydrogen-bond donors (Lipinski definition) is 2. The van der Waals surface area contributed by atoms with Gasteiger partial charge in [0.2, 0.25) is 0 Å². The number of fused-ring (bicyclic) bond motifs is 1. The molecule has 0 saturated carbocycles. The monoisotopic (exact) mass is 324 g/mol. The molecule has 0 radical (unpaired) electrons. The second-order valence-electron chi connectivity index (χ2n) is 6.38. The summed E-state index contributed by atoms with van der Waals surface area (Å²) in [6.45, 7) is 0.306. The average molecular weight is 324 g/mol. The third-order valence-electron chi connectivity index (χ3n) is 4.69. The van der Waals surface area contributed by atoms with E-state index in [2.05, 4.69) is 0 Å². The van der Waals surface area contributed by atoms with Crippen molar-refractivity contribution in [3.63, 3.8) is 0 Å². The van der Waals surface area contributed by atoms with Gasteiger partial charge in [0.25, 0.3) is 0 Å². The van der Waals surface area contributed by atoms with Crippen molar-refractivity contribution in [2.75, 3.05) is 13.2 Å². The van der Waals surface area contributed by atoms with Crippen molar-refractivity contribution in [1.29, 1.82) is 0 Å². The van der Waals surface area contributed by atoms with E-state index in [9.17, 15) is 10.2 Å². The zero-order chi connectivity index (χ0) is 16.6. The molecule has 2 aliphatic rings. The zero-order valence-corrected chi connectivity index (χ0v) is 13.2. The van der Waals surface area contributed by atoms with Gasteiger partial charge in [0.15, 0.2) is 0 Å². The SMILES string of the molecule is O[C@@H]1CO[C@H]2[C@@H]1OC[C@]2(O)C=C(c1ccccc1)c1ccccc1. The van der Waals surface area contributed by atoms with Gasteiger partial charge in [0.1, 0.15) is 23.9 Å². The molecule has 2 aliphatic heterocycles. The Kier molecular flexibility index (Phi) is 3.98. The Balaban J connectivity index is 1.78. The molecule has 2 N–H and O–H groups in total. The fourth-order valence-corrected chi connectivity index (χ4v) is 3.48. The molecule has 0 aromatic heterocycles. The highest BCUT2D eigenvalue weighted by molar-refractivity contribution is 5.80. The van der Waals surface area contributed by atoms with Crippen LogP contribution in [0.1, 0.15) is 11.1 Å². The smallest absolute Gasteiger partial charge is 0.136 e. The molecule has 24 heavy (non-hydrogen) atoms. The zero-order valence-electron chi connectivity index (χ0n) is 13.2. The first-order chi connectivity index (χ1) is 11.7. The number of aliphatic hydroxyl groups excluding tert-OH is 1. The summed E-state index contributed by atoms with van der Waals surface area (Å²) in [6.07, 6.45) is 0.115. The molecule has 4 heteroatoms. The van der Waals surface area contributed by atoms with Crippen molar-refractivity contribution in [2.24, 2.45) is 0 Å². The predicted molar refractivity (Wildman–Crippen MR) is 90.4 cm³/mol. The second-order valence-corrected chi connectivity index (χ2v) is 6.38. The van der Waals surface area contributed by atoms with Gasteiger partial charge < -0.3 is 19.7 Å². The Morgan fingerprint density at radius 1 is 0.958 bits per heavy atom. The molecule has 0 unspecified atom stereocenters. The van der Waals surface area contributed by atoms with E-state index in [0.29, 0.717) is 0 Å². The number of rotatable bonds is 3. The maximum Gasteiger partial charge on any atom is 0.136 e. The number of ether oxygens (including phenoxy) is 2. The molecule has 0 aliphatic carbocycles. The number of aliphatic hydroxyl groups is 2. The minimum Gasteiger partial charge on any atom is -0.388 e. The van der Waals surface area contributed by atoms with E-state index in [1.54, 1.807) is 0 Å². The van der Waals surface area contributed by atoms with Crippen molar-refractivity contribution in [2.45, 2.75) is 23.9 Å². The largest absolute Gasteiger partial charge is 0.388 e. The van der Waals surface area contributed by atoms with Crippen molar-refractivity contribution in [1.82, 2.24) is 0 Å². The molecule has 4 nitrogen and oxygen atoms in total. The summed E-state index contributed by atoms with van der Waals surface area (Å²) in [5, 5.41) is 21.1. The Bertz CT molecular complexity index is 686. The van der Waals surface area contributed by atoms with Crippen molar-refractivity contribution >= 4 is 5.57 Å². The third kappa shape index (κ3) is 2.68. The highest BCUT2D eigenvalue weighted by Gasteiger charge is 2.54. The normalized spacial score (nSPS) is 31.7. The molecule has 2 aromatic carbocycles. The van der Waals surface area contributed by atoms with Crippen LogP contribution in [0.4, 0.5) is 0 Å². The topological polar surface area (TPSA) is 58.9 Å². The molecule has 4 rings (SSSR count). The molecule has 0 bridgehead atoms. The average Bonchev–Trinajstić information content (AvgIpc) is 3.16. The van der Waals surface area contributed by atoms with Gasteiger partial charge in [-0.2, -0.15) is 0 Å². The van der Waals surface area contributed by atoms with Gasteiger partial charge in [-0.3, -0.25) is 0 Å². The van der Waals surface area contributed by atoms with Gasteiger partial charge in [0, 0.05) is 0 Å². The van der Waals surface area contributed by atoms with E-state index in [1.807, 2.05) is 66.7 Å². The van der Waals surface area contributed by atoms with Crippen molar-refractivity contribution < 1.29 is 19.7 Å². The molecule has 2 saturated heterocycles. The standard InChI is InChI=1S/C20H20O4/c21-17-12-23-19-18(17)24-13-20(19,22)11-16(14-7-3-1-4-8-14)15-9-5-2-6-10-15/h1-11,17-19,21-22H,12-13H2/t17-,18-,19+,20-/m1/s1. The minimum absolute atomic E-state index is 0.114. The van der Waals surface area contributed by atoms with E-state index in [1.165, 1.54) is 0 Å². The molecular weight excluding hydrogens is 304 g/mol. The van der Waals surface area contributed by atoms with Crippen LogP contribution in [0, 0.1) is 0 Å². The van der Waals surface area contributed by atoms with E-state index in [4.69, 9.17) is 9.47 Å². The number of benzene rings is 2. The van der Waals surface area contributed by atoms with Gasteiger partial charge in [-0.15, -0.1) is 0 Å². The van der Waals surface area contributed by atoms with Gasteiger partial charge in [-0.25, -0.2) is 0 Å². The lowest BCUT2D eigenvalue weighted by Gasteiger charge is -2.25. The lowest BCUT2D eigenvalue weighted by Crippen LogP contribution is -2.42. The van der Waals surface area contributed by atoms with Crippen LogP contribution >= 0.6 is 0 Å². The van der Waals surface area contributed by atoms with Crippen molar-refractivity contribution in [3.8, 4) is 0 Å². The lowest BCUT2D eigenvalue weighted by molar-refractivity contribution is -0.0382. The summed E-state index contributed by atoms with van der Waals surface area (Å²) < 4.78 is 11.2. The van der Waals surface area contributed by atoms with Crippen LogP contribution in [0.25, 0.3) is 5.57 Å². The van der Waals surface area contributed by atoms with Gasteiger partial charge in [-0.1, -0.05) is 60.7 Å². The Hall–Kier alpha value is -1.98. The van der Waals surface area contributed by atoms with Crippen LogP contribution in [0.2, 0.25) is 0 Å². The van der Waals surface area contributed by atoms with Crippen LogP contribution in [-0.2, 0) is 9.47 Å². The minimum atomic E-state index is -1.26. The molecule has 2 fully saturated rings. The van der Waals surface area contributed by atoms with Gasteiger partial charge >= 0.3 is 0 Å². The molecule has 0 spiro atoms. The first kappa shape index (κ1) is 15.5. The highest BCUT2D eigenvalue weighted by Crippen LogP contribution is 2.38.